The fourth-order valence-corrected chi connectivity index (χ4v) is 1.74. The maximum absolute atomic E-state index is 11.2. The van der Waals surface area contributed by atoms with Gasteiger partial charge in [0, 0.05) is 12.3 Å². The summed E-state index contributed by atoms with van der Waals surface area (Å²) < 4.78 is 5.11. The highest BCUT2D eigenvalue weighted by Crippen LogP contribution is 2.07. The fourth-order valence-electron chi connectivity index (χ4n) is 0.858. The first-order chi connectivity index (χ1) is 6.81. The van der Waals surface area contributed by atoms with Crippen LogP contribution in [0.15, 0.2) is 0 Å². The normalized spacial score (nSPS) is 11.6. The van der Waals surface area contributed by atoms with Crippen molar-refractivity contribution < 1.29 is 9.53 Å². The molecule has 0 spiro atoms. The van der Waals surface area contributed by atoms with Crippen LogP contribution >= 0.6 is 11.8 Å². The molecule has 1 N–H and O–H groups in total. The van der Waals surface area contributed by atoms with Crippen molar-refractivity contribution in [3.05, 3.63) is 0 Å². The Kier molecular flexibility index (Phi) is 6.81. The molecular weight excluding hydrogens is 210 g/mol. The van der Waals surface area contributed by atoms with Crippen molar-refractivity contribution in [2.75, 3.05) is 18.1 Å². The summed E-state index contributed by atoms with van der Waals surface area (Å²) in [5.41, 5.74) is -0.408. The lowest BCUT2D eigenvalue weighted by Gasteiger charge is -2.19. The molecule has 0 aliphatic carbocycles. The Morgan fingerprint density at radius 3 is 2.47 bits per heavy atom. The van der Waals surface area contributed by atoms with E-state index in [2.05, 4.69) is 19.2 Å². The highest BCUT2D eigenvalue weighted by atomic mass is 32.2. The highest BCUT2D eigenvalue weighted by Gasteiger charge is 2.15. The summed E-state index contributed by atoms with van der Waals surface area (Å²) in [6.07, 6.45) is -0.326. The maximum atomic E-state index is 11.2. The molecule has 0 aliphatic rings. The van der Waals surface area contributed by atoms with Crippen LogP contribution in [0.2, 0.25) is 0 Å². The number of amides is 1. The van der Waals surface area contributed by atoms with Gasteiger partial charge in [-0.1, -0.05) is 13.8 Å². The lowest BCUT2D eigenvalue weighted by Crippen LogP contribution is -2.33. The molecule has 0 heterocycles. The second-order valence-corrected chi connectivity index (χ2v) is 6.05. The predicted octanol–water partition coefficient (Wildman–Crippen LogP) is 2.90. The lowest BCUT2D eigenvalue weighted by atomic mass is 10.2. The number of carbonyl (C=O) groups is 1. The van der Waals surface area contributed by atoms with Gasteiger partial charge in [0.25, 0.3) is 0 Å². The van der Waals surface area contributed by atoms with Crippen molar-refractivity contribution >= 4 is 17.9 Å². The predicted molar refractivity (Wildman–Crippen MR) is 66.4 cm³/mol. The van der Waals surface area contributed by atoms with E-state index in [0.717, 1.165) is 11.5 Å². The van der Waals surface area contributed by atoms with Crippen molar-refractivity contribution in [2.24, 2.45) is 5.92 Å². The van der Waals surface area contributed by atoms with Gasteiger partial charge in [-0.3, -0.25) is 0 Å². The number of hydrogen-bond acceptors (Lipinski definition) is 3. The molecule has 1 amide bonds. The zero-order valence-corrected chi connectivity index (χ0v) is 11.2. The molecule has 0 saturated carbocycles. The molecule has 0 unspecified atom stereocenters. The minimum absolute atomic E-state index is 0.326. The van der Waals surface area contributed by atoms with Crippen LogP contribution < -0.4 is 5.32 Å². The third-order valence-electron chi connectivity index (χ3n) is 1.37. The molecular formula is C11H23NO2S. The minimum Gasteiger partial charge on any atom is -0.444 e. The number of ether oxygens (including phenoxy) is 1. The van der Waals surface area contributed by atoms with Gasteiger partial charge in [0.05, 0.1) is 0 Å². The Morgan fingerprint density at radius 1 is 1.40 bits per heavy atom. The first-order valence-electron chi connectivity index (χ1n) is 5.36. The number of rotatable bonds is 5. The Bertz CT molecular complexity index is 188. The quantitative estimate of drug-likeness (QED) is 0.742. The molecule has 0 rings (SSSR count). The average Bonchev–Trinajstić information content (AvgIpc) is 1.99. The smallest absolute Gasteiger partial charge is 0.407 e. The Balaban J connectivity index is 3.40. The molecule has 0 aromatic carbocycles. The second kappa shape index (κ2) is 6.99. The van der Waals surface area contributed by atoms with Crippen molar-refractivity contribution in [1.29, 1.82) is 0 Å². The van der Waals surface area contributed by atoms with Gasteiger partial charge in [-0.25, -0.2) is 4.79 Å². The van der Waals surface area contributed by atoms with E-state index in [-0.39, 0.29) is 6.09 Å². The molecule has 0 radical (unpaired) electrons. The third kappa shape index (κ3) is 11.5. The zero-order valence-electron chi connectivity index (χ0n) is 10.4. The second-order valence-electron chi connectivity index (χ2n) is 4.90. The molecule has 0 aromatic rings. The van der Waals surface area contributed by atoms with Crippen LogP contribution in [0.3, 0.4) is 0 Å². The van der Waals surface area contributed by atoms with Crippen LogP contribution in [-0.4, -0.2) is 29.7 Å². The third-order valence-corrected chi connectivity index (χ3v) is 2.76. The van der Waals surface area contributed by atoms with E-state index in [0.29, 0.717) is 12.5 Å². The minimum atomic E-state index is -0.408. The summed E-state index contributed by atoms with van der Waals surface area (Å²) in [5, 5.41) is 2.73. The van der Waals surface area contributed by atoms with Gasteiger partial charge >= 0.3 is 6.09 Å². The van der Waals surface area contributed by atoms with Crippen LogP contribution in [0.25, 0.3) is 0 Å². The van der Waals surface area contributed by atoms with E-state index in [1.54, 1.807) is 0 Å². The average molecular weight is 233 g/mol. The number of hydrogen-bond donors (Lipinski definition) is 1. The fraction of sp³-hybridized carbons (Fsp3) is 0.909. The van der Waals surface area contributed by atoms with E-state index in [9.17, 15) is 4.79 Å². The van der Waals surface area contributed by atoms with Gasteiger partial charge in [-0.05, 0) is 32.4 Å². The standard InChI is InChI=1S/C11H23NO2S/c1-9(2)8-15-7-6-12-10(13)14-11(3,4)5/h9H,6-8H2,1-5H3,(H,12,13). The molecule has 0 fully saturated rings. The molecule has 0 aliphatic heterocycles. The van der Waals surface area contributed by atoms with Crippen LogP contribution in [-0.2, 0) is 4.74 Å². The number of thioether (sulfide) groups is 1. The van der Waals surface area contributed by atoms with E-state index in [4.69, 9.17) is 4.74 Å². The first kappa shape index (κ1) is 14.6. The summed E-state index contributed by atoms with van der Waals surface area (Å²) in [5.74, 6) is 2.78. The topological polar surface area (TPSA) is 38.3 Å². The molecule has 90 valence electrons. The molecule has 4 heteroatoms. The van der Waals surface area contributed by atoms with Gasteiger partial charge in [-0.2, -0.15) is 11.8 Å². The van der Waals surface area contributed by atoms with Crippen LogP contribution in [0.5, 0.6) is 0 Å². The van der Waals surface area contributed by atoms with Gasteiger partial charge in [0.1, 0.15) is 5.60 Å². The maximum Gasteiger partial charge on any atom is 0.407 e. The van der Waals surface area contributed by atoms with E-state index in [1.165, 1.54) is 0 Å². The number of carbonyl (C=O) groups excluding carboxylic acids is 1. The Hall–Kier alpha value is -0.380. The largest absolute Gasteiger partial charge is 0.444 e. The van der Waals surface area contributed by atoms with Crippen molar-refractivity contribution in [3.63, 3.8) is 0 Å². The summed E-state index contributed by atoms with van der Waals surface area (Å²) in [4.78, 5) is 11.2. The number of alkyl carbamates (subject to hydrolysis) is 1. The van der Waals surface area contributed by atoms with Gasteiger partial charge in [0.15, 0.2) is 0 Å². The van der Waals surface area contributed by atoms with Gasteiger partial charge in [0.2, 0.25) is 0 Å². The first-order valence-corrected chi connectivity index (χ1v) is 6.51. The Labute approximate surface area is 97.3 Å². The van der Waals surface area contributed by atoms with Gasteiger partial charge in [-0.15, -0.1) is 0 Å². The van der Waals surface area contributed by atoms with Gasteiger partial charge < -0.3 is 10.1 Å². The van der Waals surface area contributed by atoms with Crippen LogP contribution in [0.1, 0.15) is 34.6 Å². The molecule has 0 aromatic heterocycles. The molecule has 15 heavy (non-hydrogen) atoms. The van der Waals surface area contributed by atoms with Crippen molar-refractivity contribution in [2.45, 2.75) is 40.2 Å². The molecule has 0 saturated heterocycles. The molecule has 0 atom stereocenters. The highest BCUT2D eigenvalue weighted by molar-refractivity contribution is 7.99. The van der Waals surface area contributed by atoms with E-state index >= 15 is 0 Å². The van der Waals surface area contributed by atoms with E-state index in [1.807, 2.05) is 32.5 Å². The molecule has 0 bridgehead atoms. The van der Waals surface area contributed by atoms with Crippen LogP contribution in [0, 0.1) is 5.92 Å². The summed E-state index contributed by atoms with van der Waals surface area (Å²) in [6, 6.07) is 0. The Morgan fingerprint density at radius 2 is 2.00 bits per heavy atom. The van der Waals surface area contributed by atoms with Crippen molar-refractivity contribution in [1.82, 2.24) is 5.32 Å². The summed E-state index contributed by atoms with van der Waals surface area (Å²) >= 11 is 1.85. The number of nitrogens with one attached hydrogen (secondary N) is 1. The summed E-state index contributed by atoms with van der Waals surface area (Å²) in [6.45, 7) is 10.6. The SMILES string of the molecule is CC(C)CSCCNC(=O)OC(C)(C)C. The van der Waals surface area contributed by atoms with Crippen LogP contribution in [0.4, 0.5) is 4.79 Å². The lowest BCUT2D eigenvalue weighted by molar-refractivity contribution is 0.0531. The molecule has 3 nitrogen and oxygen atoms in total. The van der Waals surface area contributed by atoms with E-state index < -0.39 is 5.60 Å². The zero-order chi connectivity index (χ0) is 11.9. The summed E-state index contributed by atoms with van der Waals surface area (Å²) in [7, 11) is 0. The van der Waals surface area contributed by atoms with Crippen molar-refractivity contribution in [3.8, 4) is 0 Å². The monoisotopic (exact) mass is 233 g/mol.